The number of nitrogens with one attached hydrogen (secondary N) is 1. The highest BCUT2D eigenvalue weighted by Crippen LogP contribution is 2.23. The molecule has 0 atom stereocenters. The second kappa shape index (κ2) is 5.97. The highest BCUT2D eigenvalue weighted by atomic mass is 19.3. The van der Waals surface area contributed by atoms with Gasteiger partial charge >= 0.3 is 6.61 Å². The van der Waals surface area contributed by atoms with Gasteiger partial charge in [-0.1, -0.05) is 12.1 Å². The van der Waals surface area contributed by atoms with Crippen LogP contribution < -0.4 is 10.1 Å². The van der Waals surface area contributed by atoms with E-state index in [1.807, 2.05) is 6.92 Å². The summed E-state index contributed by atoms with van der Waals surface area (Å²) < 4.78 is 29.0. The van der Waals surface area contributed by atoms with Crippen LogP contribution in [0.25, 0.3) is 0 Å². The number of benzene rings is 1. The number of halogens is 2. The Balaban J connectivity index is 2.21. The summed E-state index contributed by atoms with van der Waals surface area (Å²) in [4.78, 5) is 14.1. The van der Waals surface area contributed by atoms with Crippen molar-refractivity contribution >= 4 is 5.91 Å². The number of alkyl halides is 2. The number of nitrogens with zero attached hydrogens (tertiary/aromatic N) is 1. The average molecular weight is 270 g/mol. The van der Waals surface area contributed by atoms with Crippen molar-refractivity contribution < 1.29 is 18.3 Å². The van der Waals surface area contributed by atoms with Gasteiger partial charge in [0.05, 0.1) is 11.6 Å². The zero-order valence-electron chi connectivity index (χ0n) is 10.6. The molecule has 0 spiro atoms. The van der Waals surface area contributed by atoms with E-state index in [4.69, 9.17) is 0 Å². The van der Waals surface area contributed by atoms with Crippen molar-refractivity contribution in [1.82, 2.24) is 10.2 Å². The van der Waals surface area contributed by atoms with E-state index in [2.05, 4.69) is 10.1 Å². The number of carbonyl (C=O) groups is 1. The quantitative estimate of drug-likeness (QED) is 0.886. The normalized spacial score (nSPS) is 15.2. The summed E-state index contributed by atoms with van der Waals surface area (Å²) in [6.07, 6.45) is 0. The van der Waals surface area contributed by atoms with Gasteiger partial charge in [0.15, 0.2) is 0 Å². The fourth-order valence-corrected chi connectivity index (χ4v) is 2.06. The lowest BCUT2D eigenvalue weighted by Gasteiger charge is -2.37. The van der Waals surface area contributed by atoms with Crippen LogP contribution in [0.2, 0.25) is 0 Å². The van der Waals surface area contributed by atoms with E-state index < -0.39 is 6.61 Å². The van der Waals surface area contributed by atoms with Crippen LogP contribution in [0, 0.1) is 0 Å². The number of para-hydroxylation sites is 1. The van der Waals surface area contributed by atoms with Gasteiger partial charge < -0.3 is 15.0 Å². The van der Waals surface area contributed by atoms with Crippen LogP contribution in [0.3, 0.4) is 0 Å². The highest BCUT2D eigenvalue weighted by molar-refractivity contribution is 5.97. The summed E-state index contributed by atoms with van der Waals surface area (Å²) in [5.41, 5.74) is 0.177. The number of hydrogen-bond donors (Lipinski definition) is 1. The largest absolute Gasteiger partial charge is 0.434 e. The Kier molecular flexibility index (Phi) is 4.31. The van der Waals surface area contributed by atoms with Gasteiger partial charge in [0.1, 0.15) is 5.75 Å². The Morgan fingerprint density at radius 3 is 2.68 bits per heavy atom. The standard InChI is InChI=1S/C13H16F2N2O2/c1-2-17(9-7-16-8-9)12(18)10-5-3-4-6-11(10)19-13(14)15/h3-6,9,13,16H,2,7-8H2,1H3. The van der Waals surface area contributed by atoms with E-state index in [-0.39, 0.29) is 23.3 Å². The van der Waals surface area contributed by atoms with E-state index in [1.54, 1.807) is 17.0 Å². The first kappa shape index (κ1) is 13.7. The third-order valence-corrected chi connectivity index (χ3v) is 3.14. The zero-order valence-corrected chi connectivity index (χ0v) is 10.6. The Labute approximate surface area is 110 Å². The number of likely N-dealkylation sites (N-methyl/N-ethyl adjacent to an activating group) is 1. The molecule has 0 radical (unpaired) electrons. The Morgan fingerprint density at radius 2 is 2.16 bits per heavy atom. The minimum atomic E-state index is -2.94. The van der Waals surface area contributed by atoms with Gasteiger partial charge in [-0.25, -0.2) is 0 Å². The van der Waals surface area contributed by atoms with Gasteiger partial charge in [0.2, 0.25) is 0 Å². The topological polar surface area (TPSA) is 41.6 Å². The highest BCUT2D eigenvalue weighted by Gasteiger charge is 2.29. The summed E-state index contributed by atoms with van der Waals surface area (Å²) in [6.45, 7) is 0.935. The maximum atomic E-state index is 12.4. The number of carbonyl (C=O) groups excluding carboxylic acids is 1. The first-order chi connectivity index (χ1) is 9.13. The molecule has 0 aliphatic carbocycles. The molecule has 6 heteroatoms. The van der Waals surface area contributed by atoms with Crippen LogP contribution in [-0.2, 0) is 0 Å². The van der Waals surface area contributed by atoms with E-state index in [1.165, 1.54) is 12.1 Å². The van der Waals surface area contributed by atoms with Gasteiger partial charge in [-0.05, 0) is 19.1 Å². The molecular weight excluding hydrogens is 254 g/mol. The van der Waals surface area contributed by atoms with Crippen LogP contribution >= 0.6 is 0 Å². The zero-order chi connectivity index (χ0) is 13.8. The molecule has 1 amide bonds. The molecule has 0 bridgehead atoms. The molecule has 0 aromatic heterocycles. The summed E-state index contributed by atoms with van der Waals surface area (Å²) in [6, 6.07) is 6.21. The SMILES string of the molecule is CCN(C(=O)c1ccccc1OC(F)F)C1CNC1. The van der Waals surface area contributed by atoms with E-state index in [9.17, 15) is 13.6 Å². The van der Waals surface area contributed by atoms with E-state index in [0.717, 1.165) is 13.1 Å². The van der Waals surface area contributed by atoms with Crippen LogP contribution in [0.15, 0.2) is 24.3 Å². The third-order valence-electron chi connectivity index (χ3n) is 3.14. The summed E-state index contributed by atoms with van der Waals surface area (Å²) >= 11 is 0. The van der Waals surface area contributed by atoms with Crippen LogP contribution in [0.1, 0.15) is 17.3 Å². The van der Waals surface area contributed by atoms with Gasteiger partial charge in [-0.3, -0.25) is 4.79 Å². The van der Waals surface area contributed by atoms with Crippen molar-refractivity contribution in [3.63, 3.8) is 0 Å². The van der Waals surface area contributed by atoms with E-state index in [0.29, 0.717) is 6.54 Å². The summed E-state index contributed by atoms with van der Waals surface area (Å²) in [7, 11) is 0. The number of hydrogen-bond acceptors (Lipinski definition) is 3. The molecule has 0 unspecified atom stereocenters. The Hall–Kier alpha value is -1.69. The number of ether oxygens (including phenoxy) is 1. The first-order valence-corrected chi connectivity index (χ1v) is 6.19. The van der Waals surface area contributed by atoms with Gasteiger partial charge in [-0.2, -0.15) is 8.78 Å². The predicted octanol–water partition coefficient (Wildman–Crippen LogP) is 1.72. The molecule has 104 valence electrons. The van der Waals surface area contributed by atoms with E-state index >= 15 is 0 Å². The van der Waals surface area contributed by atoms with Crippen molar-refractivity contribution in [2.24, 2.45) is 0 Å². The lowest BCUT2D eigenvalue weighted by atomic mass is 10.1. The first-order valence-electron chi connectivity index (χ1n) is 6.19. The molecule has 2 rings (SSSR count). The van der Waals surface area contributed by atoms with Gasteiger partial charge in [0, 0.05) is 19.6 Å². The molecule has 1 heterocycles. The molecule has 19 heavy (non-hydrogen) atoms. The average Bonchev–Trinajstić information content (AvgIpc) is 2.32. The molecule has 1 aliphatic heterocycles. The third kappa shape index (κ3) is 3.01. The maximum absolute atomic E-state index is 12.4. The minimum absolute atomic E-state index is 0.0757. The van der Waals surface area contributed by atoms with Crippen molar-refractivity contribution in [3.05, 3.63) is 29.8 Å². The van der Waals surface area contributed by atoms with Crippen molar-refractivity contribution in [1.29, 1.82) is 0 Å². The van der Waals surface area contributed by atoms with Crippen LogP contribution in [0.4, 0.5) is 8.78 Å². The fraction of sp³-hybridized carbons (Fsp3) is 0.462. The Morgan fingerprint density at radius 1 is 1.47 bits per heavy atom. The van der Waals surface area contributed by atoms with Gasteiger partial charge in [0.25, 0.3) is 5.91 Å². The minimum Gasteiger partial charge on any atom is -0.434 e. The van der Waals surface area contributed by atoms with Crippen LogP contribution in [-0.4, -0.2) is 43.1 Å². The lowest BCUT2D eigenvalue weighted by Crippen LogP contribution is -2.58. The molecule has 1 aliphatic rings. The maximum Gasteiger partial charge on any atom is 0.387 e. The predicted molar refractivity (Wildman–Crippen MR) is 66.4 cm³/mol. The smallest absolute Gasteiger partial charge is 0.387 e. The van der Waals surface area contributed by atoms with Crippen molar-refractivity contribution in [2.75, 3.05) is 19.6 Å². The lowest BCUT2D eigenvalue weighted by molar-refractivity contribution is -0.0503. The number of rotatable bonds is 5. The Bertz CT molecular complexity index is 450. The monoisotopic (exact) mass is 270 g/mol. The summed E-state index contributed by atoms with van der Waals surface area (Å²) in [5.74, 6) is -0.349. The van der Waals surface area contributed by atoms with Gasteiger partial charge in [-0.15, -0.1) is 0 Å². The molecule has 1 aromatic carbocycles. The molecule has 1 aromatic rings. The molecular formula is C13H16F2N2O2. The molecule has 1 N–H and O–H groups in total. The second-order valence-electron chi connectivity index (χ2n) is 4.28. The molecule has 4 nitrogen and oxygen atoms in total. The molecule has 0 saturated carbocycles. The molecule has 1 saturated heterocycles. The summed E-state index contributed by atoms with van der Waals surface area (Å²) in [5, 5.41) is 3.08. The van der Waals surface area contributed by atoms with Crippen molar-refractivity contribution in [3.8, 4) is 5.75 Å². The molecule has 1 fully saturated rings. The number of amides is 1. The fourth-order valence-electron chi connectivity index (χ4n) is 2.06. The van der Waals surface area contributed by atoms with Crippen LogP contribution in [0.5, 0.6) is 5.75 Å². The van der Waals surface area contributed by atoms with Crippen molar-refractivity contribution in [2.45, 2.75) is 19.6 Å². The second-order valence-corrected chi connectivity index (χ2v) is 4.28.